The molecule has 2 nitrogen and oxygen atoms in total. The maximum atomic E-state index is 3.47. The van der Waals surface area contributed by atoms with Crippen molar-refractivity contribution in [3.05, 3.63) is 0 Å². The van der Waals surface area contributed by atoms with E-state index in [2.05, 4.69) is 53.8 Å². The Bertz CT molecular complexity index is 96.1. The normalized spacial score (nSPS) is 14.5. The van der Waals surface area contributed by atoms with Gasteiger partial charge >= 0.3 is 0 Å². The molecule has 11 heavy (non-hydrogen) atoms. The zero-order valence-corrected chi connectivity index (χ0v) is 9.56. The van der Waals surface area contributed by atoms with E-state index in [4.69, 9.17) is 0 Å². The van der Waals surface area contributed by atoms with Crippen LogP contribution in [0.4, 0.5) is 0 Å². The lowest BCUT2D eigenvalue weighted by molar-refractivity contribution is 0.244. The summed E-state index contributed by atoms with van der Waals surface area (Å²) in [4.78, 5) is 4.56. The quantitative estimate of drug-likeness (QED) is 0.647. The first kappa shape index (κ1) is 11.4. The van der Waals surface area contributed by atoms with Gasteiger partial charge in [0, 0.05) is 24.5 Å². The molecule has 0 spiro atoms. The van der Waals surface area contributed by atoms with Crippen molar-refractivity contribution in [1.29, 1.82) is 0 Å². The number of hydrogen-bond donors (Lipinski definition) is 0. The first-order chi connectivity index (χ1) is 5.07. The first-order valence-electron chi connectivity index (χ1n) is 3.99. The Morgan fingerprint density at radius 3 is 2.09 bits per heavy atom. The third-order valence-electron chi connectivity index (χ3n) is 1.88. The van der Waals surface area contributed by atoms with Gasteiger partial charge in [-0.2, -0.15) is 0 Å². The summed E-state index contributed by atoms with van der Waals surface area (Å²) in [6.07, 6.45) is 0. The van der Waals surface area contributed by atoms with Gasteiger partial charge in [-0.05, 0) is 28.1 Å². The number of hydrogen-bond acceptors (Lipinski definition) is 2. The van der Waals surface area contributed by atoms with Crippen LogP contribution in [0.15, 0.2) is 0 Å². The standard InChI is InChI=1S/C8H19BrN2/c1-8(7-9)11(4)6-5-10(2)3/h8H,5-7H2,1-4H3. The largest absolute Gasteiger partial charge is 0.308 e. The Morgan fingerprint density at radius 1 is 1.18 bits per heavy atom. The minimum absolute atomic E-state index is 0.634. The maximum Gasteiger partial charge on any atom is 0.0185 e. The summed E-state index contributed by atoms with van der Waals surface area (Å²) in [5, 5.41) is 1.05. The molecular formula is C8H19BrN2. The maximum absolute atomic E-state index is 3.47. The predicted molar refractivity (Wildman–Crippen MR) is 54.4 cm³/mol. The lowest BCUT2D eigenvalue weighted by atomic mass is 10.3. The predicted octanol–water partition coefficient (Wildman–Crippen LogP) is 1.26. The van der Waals surface area contributed by atoms with Crippen molar-refractivity contribution >= 4 is 15.9 Å². The first-order valence-corrected chi connectivity index (χ1v) is 5.11. The van der Waals surface area contributed by atoms with Crippen LogP contribution in [0, 0.1) is 0 Å². The van der Waals surface area contributed by atoms with Crippen molar-refractivity contribution in [2.45, 2.75) is 13.0 Å². The molecule has 0 aliphatic heterocycles. The second-order valence-electron chi connectivity index (χ2n) is 3.29. The molecule has 0 heterocycles. The summed E-state index contributed by atoms with van der Waals surface area (Å²) in [6, 6.07) is 0.634. The monoisotopic (exact) mass is 222 g/mol. The van der Waals surface area contributed by atoms with E-state index in [9.17, 15) is 0 Å². The highest BCUT2D eigenvalue weighted by atomic mass is 79.9. The average Bonchev–Trinajstić information content (AvgIpc) is 1.98. The SMILES string of the molecule is CC(CBr)N(C)CCN(C)C. The molecule has 0 aliphatic rings. The molecule has 0 bridgehead atoms. The van der Waals surface area contributed by atoms with Crippen molar-refractivity contribution in [3.8, 4) is 0 Å². The second-order valence-corrected chi connectivity index (χ2v) is 3.93. The Kier molecular flexibility index (Phi) is 6.19. The topological polar surface area (TPSA) is 6.48 Å². The lowest BCUT2D eigenvalue weighted by Crippen LogP contribution is -2.35. The third-order valence-corrected chi connectivity index (χ3v) is 2.81. The molecule has 0 rings (SSSR count). The minimum Gasteiger partial charge on any atom is -0.308 e. The molecule has 0 radical (unpaired) electrons. The zero-order valence-electron chi connectivity index (χ0n) is 7.97. The molecule has 0 saturated heterocycles. The van der Waals surface area contributed by atoms with Gasteiger partial charge in [0.15, 0.2) is 0 Å². The highest BCUT2D eigenvalue weighted by Crippen LogP contribution is 1.98. The van der Waals surface area contributed by atoms with Crippen LogP contribution in [0.25, 0.3) is 0 Å². The Labute approximate surface area is 78.7 Å². The third kappa shape index (κ3) is 5.65. The van der Waals surface area contributed by atoms with Gasteiger partial charge in [-0.25, -0.2) is 0 Å². The van der Waals surface area contributed by atoms with Crippen LogP contribution in [-0.2, 0) is 0 Å². The number of rotatable bonds is 5. The van der Waals surface area contributed by atoms with Gasteiger partial charge in [0.05, 0.1) is 0 Å². The van der Waals surface area contributed by atoms with Crippen LogP contribution >= 0.6 is 15.9 Å². The van der Waals surface area contributed by atoms with Gasteiger partial charge in [0.25, 0.3) is 0 Å². The van der Waals surface area contributed by atoms with Gasteiger partial charge in [-0.15, -0.1) is 0 Å². The van der Waals surface area contributed by atoms with Crippen molar-refractivity contribution in [1.82, 2.24) is 9.80 Å². The van der Waals surface area contributed by atoms with E-state index in [1.165, 1.54) is 0 Å². The number of halogens is 1. The summed E-state index contributed by atoms with van der Waals surface area (Å²) in [6.45, 7) is 4.50. The highest BCUT2D eigenvalue weighted by Gasteiger charge is 2.06. The summed E-state index contributed by atoms with van der Waals surface area (Å²) >= 11 is 3.47. The van der Waals surface area contributed by atoms with Gasteiger partial charge in [0.2, 0.25) is 0 Å². The van der Waals surface area contributed by atoms with Crippen LogP contribution in [0.1, 0.15) is 6.92 Å². The molecule has 68 valence electrons. The van der Waals surface area contributed by atoms with Crippen LogP contribution < -0.4 is 0 Å². The number of alkyl halides is 1. The van der Waals surface area contributed by atoms with Crippen LogP contribution in [0.5, 0.6) is 0 Å². The molecule has 1 unspecified atom stereocenters. The molecule has 3 heteroatoms. The van der Waals surface area contributed by atoms with E-state index in [-0.39, 0.29) is 0 Å². The van der Waals surface area contributed by atoms with E-state index in [1.807, 2.05) is 0 Å². The molecule has 0 aliphatic carbocycles. The zero-order chi connectivity index (χ0) is 8.85. The van der Waals surface area contributed by atoms with Crippen molar-refractivity contribution in [2.75, 3.05) is 39.6 Å². The van der Waals surface area contributed by atoms with E-state index >= 15 is 0 Å². The van der Waals surface area contributed by atoms with E-state index < -0.39 is 0 Å². The molecule has 0 aromatic rings. The molecule has 0 aromatic carbocycles. The molecule has 0 fully saturated rings. The van der Waals surface area contributed by atoms with Crippen molar-refractivity contribution in [3.63, 3.8) is 0 Å². The van der Waals surface area contributed by atoms with Gasteiger partial charge in [0.1, 0.15) is 0 Å². The Morgan fingerprint density at radius 2 is 1.73 bits per heavy atom. The molecule has 0 N–H and O–H groups in total. The minimum atomic E-state index is 0.634. The van der Waals surface area contributed by atoms with Crippen molar-refractivity contribution in [2.24, 2.45) is 0 Å². The Balaban J connectivity index is 3.43. The lowest BCUT2D eigenvalue weighted by Gasteiger charge is -2.24. The van der Waals surface area contributed by atoms with Crippen LogP contribution in [0.2, 0.25) is 0 Å². The van der Waals surface area contributed by atoms with E-state index in [0.29, 0.717) is 6.04 Å². The highest BCUT2D eigenvalue weighted by molar-refractivity contribution is 9.09. The summed E-state index contributed by atoms with van der Waals surface area (Å²) in [7, 11) is 6.37. The van der Waals surface area contributed by atoms with E-state index in [1.54, 1.807) is 0 Å². The van der Waals surface area contributed by atoms with E-state index in [0.717, 1.165) is 18.4 Å². The fourth-order valence-corrected chi connectivity index (χ4v) is 1.19. The van der Waals surface area contributed by atoms with Crippen LogP contribution in [-0.4, -0.2) is 55.4 Å². The fourth-order valence-electron chi connectivity index (χ4n) is 0.696. The summed E-state index contributed by atoms with van der Waals surface area (Å²) in [5.74, 6) is 0. The van der Waals surface area contributed by atoms with Gasteiger partial charge in [-0.3, -0.25) is 0 Å². The summed E-state index contributed by atoms with van der Waals surface area (Å²) in [5.41, 5.74) is 0. The second kappa shape index (κ2) is 5.98. The molecule has 1 atom stereocenters. The molecule has 0 amide bonds. The van der Waals surface area contributed by atoms with Crippen molar-refractivity contribution < 1.29 is 0 Å². The Hall–Kier alpha value is 0.400. The molecule has 0 aromatic heterocycles. The molecular weight excluding hydrogens is 204 g/mol. The average molecular weight is 223 g/mol. The number of nitrogens with zero attached hydrogens (tertiary/aromatic N) is 2. The van der Waals surface area contributed by atoms with Gasteiger partial charge < -0.3 is 9.80 Å². The van der Waals surface area contributed by atoms with Crippen LogP contribution in [0.3, 0.4) is 0 Å². The number of likely N-dealkylation sites (N-methyl/N-ethyl adjacent to an activating group) is 2. The van der Waals surface area contributed by atoms with Gasteiger partial charge in [-0.1, -0.05) is 15.9 Å². The fraction of sp³-hybridized carbons (Fsp3) is 1.00. The summed E-state index contributed by atoms with van der Waals surface area (Å²) < 4.78 is 0. The molecule has 0 saturated carbocycles. The smallest absolute Gasteiger partial charge is 0.0185 e.